The van der Waals surface area contributed by atoms with Gasteiger partial charge in [-0.15, -0.1) is 0 Å². The lowest BCUT2D eigenvalue weighted by Crippen LogP contribution is -2.13. The van der Waals surface area contributed by atoms with E-state index in [-0.39, 0.29) is 26.7 Å². The minimum atomic E-state index is -4.86. The highest BCUT2D eigenvalue weighted by Crippen LogP contribution is 2.38. The molecular weight excluding hydrogens is 481 g/mol. The second kappa shape index (κ2) is 7.69. The van der Waals surface area contributed by atoms with Crippen molar-refractivity contribution < 1.29 is 35.8 Å². The summed E-state index contributed by atoms with van der Waals surface area (Å²) in [4.78, 5) is 11.0. The van der Waals surface area contributed by atoms with E-state index in [1.165, 1.54) is 18.2 Å². The van der Waals surface area contributed by atoms with Crippen molar-refractivity contribution in [2.75, 3.05) is 5.32 Å². The number of benzene rings is 3. The minimum Gasteiger partial charge on any atom is -0.507 e. The highest BCUT2D eigenvalue weighted by molar-refractivity contribution is 7.86. The number of phenols is 1. The zero-order chi connectivity index (χ0) is 22.4. The molecule has 13 heteroatoms. The molecule has 0 atom stereocenters. The Hall–Kier alpha value is -2.41. The van der Waals surface area contributed by atoms with Crippen molar-refractivity contribution in [2.24, 2.45) is 0 Å². The Kier molecular flexibility index (Phi) is 5.71. The van der Waals surface area contributed by atoms with Gasteiger partial charge in [-0.25, -0.2) is 0 Å². The first-order valence-corrected chi connectivity index (χ1v) is 11.4. The molecule has 3 rings (SSSR count). The number of rotatable bonds is 4. The van der Waals surface area contributed by atoms with E-state index in [1.54, 1.807) is 0 Å². The average molecular weight is 492 g/mol. The first kappa shape index (κ1) is 22.3. The molecule has 4 N–H and O–H groups in total. The van der Waals surface area contributed by atoms with Crippen LogP contribution in [-0.2, 0) is 20.2 Å². The summed E-state index contributed by atoms with van der Waals surface area (Å²) in [6, 6.07) is 7.48. The normalized spacial score (nSPS) is 12.1. The van der Waals surface area contributed by atoms with Crippen LogP contribution in [0.5, 0.6) is 5.75 Å². The summed E-state index contributed by atoms with van der Waals surface area (Å²) in [5.41, 5.74) is -0.150. The zero-order valence-corrected chi connectivity index (χ0v) is 17.6. The van der Waals surface area contributed by atoms with Crippen LogP contribution in [0.1, 0.15) is 10.4 Å². The van der Waals surface area contributed by atoms with Crippen LogP contribution in [0, 0.1) is 0 Å². The van der Waals surface area contributed by atoms with Gasteiger partial charge in [0.05, 0.1) is 21.2 Å². The van der Waals surface area contributed by atoms with E-state index in [9.17, 15) is 35.8 Å². The smallest absolute Gasteiger partial charge is 0.295 e. The average Bonchev–Trinajstić information content (AvgIpc) is 2.61. The maximum atomic E-state index is 12.6. The number of amides is 1. The van der Waals surface area contributed by atoms with Gasteiger partial charge in [0.1, 0.15) is 10.6 Å². The van der Waals surface area contributed by atoms with Gasteiger partial charge >= 0.3 is 0 Å². The van der Waals surface area contributed by atoms with E-state index in [1.807, 2.05) is 0 Å². The number of aromatic hydroxyl groups is 1. The Labute approximate surface area is 180 Å². The lowest BCUT2D eigenvalue weighted by molar-refractivity contribution is 0.102. The predicted octanol–water partition coefficient (Wildman–Crippen LogP) is 3.60. The quantitative estimate of drug-likeness (QED) is 0.402. The van der Waals surface area contributed by atoms with Gasteiger partial charge in [0.25, 0.3) is 26.1 Å². The van der Waals surface area contributed by atoms with Crippen molar-refractivity contribution >= 4 is 65.8 Å². The molecule has 9 nitrogen and oxygen atoms in total. The molecule has 1 amide bonds. The predicted molar refractivity (Wildman–Crippen MR) is 110 cm³/mol. The number of nitrogens with one attached hydrogen (secondary N) is 1. The standard InChI is InChI=1S/C17H11Cl2NO8S2/c18-8-1-2-12(19)10(5-8)17(22)20-13-3-4-15(30(26,27)28)11-6-9(29(23,24)25)7-14(21)16(11)13/h1-7,21H,(H,20,22)(H,23,24,25)(H,26,27,28). The molecule has 3 aromatic rings. The number of carbonyl (C=O) groups is 1. The van der Waals surface area contributed by atoms with Crippen LogP contribution in [0.25, 0.3) is 10.8 Å². The molecule has 3 aromatic carbocycles. The zero-order valence-electron chi connectivity index (χ0n) is 14.5. The molecule has 158 valence electrons. The van der Waals surface area contributed by atoms with Gasteiger partial charge in [0.2, 0.25) is 0 Å². The molecule has 0 unspecified atom stereocenters. The van der Waals surface area contributed by atoms with E-state index >= 15 is 0 Å². The van der Waals surface area contributed by atoms with Crippen LogP contribution < -0.4 is 5.32 Å². The summed E-state index contributed by atoms with van der Waals surface area (Å²) in [6.45, 7) is 0. The fourth-order valence-corrected chi connectivity index (χ4v) is 4.33. The number of anilines is 1. The van der Waals surface area contributed by atoms with Crippen molar-refractivity contribution in [3.8, 4) is 5.75 Å². The Morgan fingerprint density at radius 2 is 1.57 bits per heavy atom. The maximum absolute atomic E-state index is 12.6. The van der Waals surface area contributed by atoms with E-state index in [4.69, 9.17) is 23.2 Å². The Morgan fingerprint density at radius 3 is 2.17 bits per heavy atom. The molecule has 0 aliphatic heterocycles. The molecule has 0 spiro atoms. The third-order valence-electron chi connectivity index (χ3n) is 4.02. The van der Waals surface area contributed by atoms with Crippen molar-refractivity contribution in [1.29, 1.82) is 0 Å². The molecule has 0 radical (unpaired) electrons. The van der Waals surface area contributed by atoms with E-state index in [0.29, 0.717) is 6.07 Å². The number of fused-ring (bicyclic) bond motifs is 1. The maximum Gasteiger partial charge on any atom is 0.295 e. The third kappa shape index (κ3) is 4.36. The molecule has 0 heterocycles. The summed E-state index contributed by atoms with van der Waals surface area (Å²) in [6.07, 6.45) is 0. The van der Waals surface area contributed by atoms with E-state index < -0.39 is 47.1 Å². The van der Waals surface area contributed by atoms with Crippen LogP contribution in [-0.4, -0.2) is 37.0 Å². The summed E-state index contributed by atoms with van der Waals surface area (Å²) in [7, 11) is -9.68. The van der Waals surface area contributed by atoms with E-state index in [0.717, 1.165) is 18.2 Å². The number of carbonyl (C=O) groups excluding carboxylic acids is 1. The minimum absolute atomic E-state index is 0.0229. The van der Waals surface area contributed by atoms with Gasteiger partial charge in [-0.1, -0.05) is 23.2 Å². The molecular formula is C17H11Cl2NO8S2. The van der Waals surface area contributed by atoms with Crippen LogP contribution in [0.3, 0.4) is 0 Å². The summed E-state index contributed by atoms with van der Waals surface area (Å²) < 4.78 is 65.0. The second-order valence-corrected chi connectivity index (χ2v) is 9.66. The summed E-state index contributed by atoms with van der Waals surface area (Å²) in [5.74, 6) is -1.54. The fraction of sp³-hybridized carbons (Fsp3) is 0. The van der Waals surface area contributed by atoms with Gasteiger partial charge in [0, 0.05) is 21.9 Å². The largest absolute Gasteiger partial charge is 0.507 e. The first-order valence-electron chi connectivity index (χ1n) is 7.80. The lowest BCUT2D eigenvalue weighted by atomic mass is 10.1. The van der Waals surface area contributed by atoms with Gasteiger partial charge in [-0.05, 0) is 36.4 Å². The van der Waals surface area contributed by atoms with Crippen molar-refractivity contribution in [1.82, 2.24) is 0 Å². The molecule has 0 aliphatic carbocycles. The topological polar surface area (TPSA) is 158 Å². The number of hydrogen-bond acceptors (Lipinski definition) is 6. The number of hydrogen-bond donors (Lipinski definition) is 4. The van der Waals surface area contributed by atoms with Gasteiger partial charge < -0.3 is 10.4 Å². The molecule has 0 bridgehead atoms. The van der Waals surface area contributed by atoms with Crippen molar-refractivity contribution in [2.45, 2.75) is 9.79 Å². The molecule has 0 aliphatic rings. The molecule has 0 aromatic heterocycles. The highest BCUT2D eigenvalue weighted by Gasteiger charge is 2.23. The molecule has 30 heavy (non-hydrogen) atoms. The summed E-state index contributed by atoms with van der Waals surface area (Å²) >= 11 is 11.8. The van der Waals surface area contributed by atoms with Crippen molar-refractivity contribution in [3.05, 3.63) is 58.1 Å². The summed E-state index contributed by atoms with van der Waals surface area (Å²) in [5, 5.41) is 12.3. The Bertz CT molecular complexity index is 1420. The van der Waals surface area contributed by atoms with Gasteiger partial charge in [-0.3, -0.25) is 13.9 Å². The third-order valence-corrected chi connectivity index (χ3v) is 6.33. The van der Waals surface area contributed by atoms with Crippen LogP contribution in [0.4, 0.5) is 5.69 Å². The van der Waals surface area contributed by atoms with Gasteiger partial charge in [-0.2, -0.15) is 16.8 Å². The molecule has 0 fully saturated rings. The highest BCUT2D eigenvalue weighted by atomic mass is 35.5. The first-order chi connectivity index (χ1) is 13.8. The van der Waals surface area contributed by atoms with Gasteiger partial charge in [0.15, 0.2) is 0 Å². The van der Waals surface area contributed by atoms with Crippen molar-refractivity contribution in [3.63, 3.8) is 0 Å². The van der Waals surface area contributed by atoms with Crippen LogP contribution >= 0.6 is 23.2 Å². The Morgan fingerprint density at radius 1 is 0.900 bits per heavy atom. The second-order valence-electron chi connectivity index (χ2n) is 6.00. The van der Waals surface area contributed by atoms with Crippen LogP contribution in [0.15, 0.2) is 52.3 Å². The van der Waals surface area contributed by atoms with Crippen LogP contribution in [0.2, 0.25) is 10.0 Å². The fourth-order valence-electron chi connectivity index (χ4n) is 2.75. The SMILES string of the molecule is O=C(Nc1ccc(S(=O)(=O)O)c2cc(S(=O)(=O)O)cc(O)c12)c1cc(Cl)ccc1Cl. The molecule has 0 saturated heterocycles. The Balaban J connectivity index is 2.26. The molecule has 0 saturated carbocycles. The number of phenolic OH excluding ortho intramolecular Hbond substituents is 1. The number of halogens is 2. The lowest BCUT2D eigenvalue weighted by Gasteiger charge is -2.14. The van der Waals surface area contributed by atoms with E-state index in [2.05, 4.69) is 5.32 Å². The monoisotopic (exact) mass is 491 g/mol.